The molecule has 2 heterocycles. The SMILES string of the molecule is CC(=O)N1CC2(Cc3ccccc31)CN(C(=O)c1ccc(C(F)(F)F)cc1)C2. The van der Waals surface area contributed by atoms with Crippen molar-refractivity contribution < 1.29 is 22.8 Å². The quantitative estimate of drug-likeness (QED) is 0.747. The minimum Gasteiger partial charge on any atom is -0.337 e. The lowest BCUT2D eigenvalue weighted by atomic mass is 9.71. The lowest BCUT2D eigenvalue weighted by Gasteiger charge is -2.54. The highest BCUT2D eigenvalue weighted by molar-refractivity contribution is 5.96. The lowest BCUT2D eigenvalue weighted by molar-refractivity contribution is -0.137. The zero-order valence-electron chi connectivity index (χ0n) is 15.3. The van der Waals surface area contributed by atoms with E-state index in [2.05, 4.69) is 0 Å². The molecule has 28 heavy (non-hydrogen) atoms. The number of anilines is 1. The molecule has 0 bridgehead atoms. The molecule has 0 N–H and O–H groups in total. The first-order chi connectivity index (χ1) is 13.2. The van der Waals surface area contributed by atoms with Gasteiger partial charge in [-0.2, -0.15) is 13.2 Å². The summed E-state index contributed by atoms with van der Waals surface area (Å²) in [6, 6.07) is 12.0. The molecule has 0 unspecified atom stereocenters. The summed E-state index contributed by atoms with van der Waals surface area (Å²) in [6.45, 7) is 3.02. The fourth-order valence-electron chi connectivity index (χ4n) is 4.19. The number of nitrogens with zero attached hydrogens (tertiary/aromatic N) is 2. The van der Waals surface area contributed by atoms with Gasteiger partial charge in [0.1, 0.15) is 0 Å². The van der Waals surface area contributed by atoms with Gasteiger partial charge in [0.2, 0.25) is 5.91 Å². The molecule has 0 saturated carbocycles. The molecule has 2 amide bonds. The van der Waals surface area contributed by atoms with Gasteiger partial charge < -0.3 is 9.80 Å². The maximum Gasteiger partial charge on any atom is 0.416 e. The molecule has 0 aromatic heterocycles. The average Bonchev–Trinajstić information content (AvgIpc) is 2.64. The summed E-state index contributed by atoms with van der Waals surface area (Å²) in [6.07, 6.45) is -3.65. The van der Waals surface area contributed by atoms with E-state index < -0.39 is 11.7 Å². The minimum absolute atomic E-state index is 0.0426. The summed E-state index contributed by atoms with van der Waals surface area (Å²) in [4.78, 5) is 28.1. The number of carbonyl (C=O) groups is 2. The highest BCUT2D eigenvalue weighted by Crippen LogP contribution is 2.43. The van der Waals surface area contributed by atoms with Gasteiger partial charge >= 0.3 is 6.18 Å². The van der Waals surface area contributed by atoms with Crippen molar-refractivity contribution in [3.05, 3.63) is 65.2 Å². The van der Waals surface area contributed by atoms with Crippen LogP contribution in [-0.4, -0.2) is 36.3 Å². The first kappa shape index (κ1) is 18.5. The van der Waals surface area contributed by atoms with Crippen molar-refractivity contribution in [1.82, 2.24) is 4.90 Å². The van der Waals surface area contributed by atoms with Gasteiger partial charge in [0, 0.05) is 43.2 Å². The topological polar surface area (TPSA) is 40.6 Å². The fourth-order valence-corrected chi connectivity index (χ4v) is 4.19. The normalized spacial score (nSPS) is 17.9. The predicted octanol–water partition coefficient (Wildman–Crippen LogP) is 3.76. The van der Waals surface area contributed by atoms with Gasteiger partial charge in [-0.1, -0.05) is 18.2 Å². The molecule has 1 spiro atoms. The molecule has 0 aliphatic carbocycles. The van der Waals surface area contributed by atoms with Gasteiger partial charge in [0.25, 0.3) is 5.91 Å². The average molecular weight is 388 g/mol. The Morgan fingerprint density at radius 3 is 2.21 bits per heavy atom. The third kappa shape index (κ3) is 3.15. The highest BCUT2D eigenvalue weighted by atomic mass is 19.4. The van der Waals surface area contributed by atoms with E-state index in [1.54, 1.807) is 9.80 Å². The summed E-state index contributed by atoms with van der Waals surface area (Å²) in [5.74, 6) is -0.327. The Balaban J connectivity index is 1.49. The molecule has 2 aliphatic heterocycles. The fraction of sp³-hybridized carbons (Fsp3) is 0.333. The van der Waals surface area contributed by atoms with Crippen LogP contribution in [0.25, 0.3) is 0 Å². The van der Waals surface area contributed by atoms with Crippen LogP contribution in [0.3, 0.4) is 0 Å². The van der Waals surface area contributed by atoms with Gasteiger partial charge in [-0.3, -0.25) is 9.59 Å². The molecule has 7 heteroatoms. The number of hydrogen-bond donors (Lipinski definition) is 0. The number of likely N-dealkylation sites (tertiary alicyclic amines) is 1. The maximum absolute atomic E-state index is 12.7. The Morgan fingerprint density at radius 1 is 0.964 bits per heavy atom. The van der Waals surface area contributed by atoms with Gasteiger partial charge in [-0.15, -0.1) is 0 Å². The molecule has 2 aliphatic rings. The third-order valence-corrected chi connectivity index (χ3v) is 5.52. The second kappa shape index (κ2) is 6.36. The zero-order valence-corrected chi connectivity index (χ0v) is 15.3. The number of benzene rings is 2. The second-order valence-electron chi connectivity index (χ2n) is 7.65. The standard InChI is InChI=1S/C21H19F3N2O2/c1-14(27)26-13-20(10-16-4-2-3-5-18(16)26)11-25(12-20)19(28)15-6-8-17(9-7-15)21(22,23)24/h2-9H,10-13H2,1H3. The largest absolute Gasteiger partial charge is 0.416 e. The van der Waals surface area contributed by atoms with Gasteiger partial charge in [-0.25, -0.2) is 0 Å². The van der Waals surface area contributed by atoms with E-state index in [9.17, 15) is 22.8 Å². The number of fused-ring (bicyclic) bond motifs is 1. The van der Waals surface area contributed by atoms with Crippen LogP contribution in [0.2, 0.25) is 0 Å². The van der Waals surface area contributed by atoms with Crippen molar-refractivity contribution in [1.29, 1.82) is 0 Å². The maximum atomic E-state index is 12.7. The summed E-state index contributed by atoms with van der Waals surface area (Å²) in [5.41, 5.74) is 1.24. The zero-order chi connectivity index (χ0) is 20.1. The van der Waals surface area contributed by atoms with Crippen LogP contribution >= 0.6 is 0 Å². The number of halogens is 3. The first-order valence-corrected chi connectivity index (χ1v) is 9.01. The number of rotatable bonds is 1. The summed E-state index contributed by atoms with van der Waals surface area (Å²) in [7, 11) is 0. The van der Waals surface area contributed by atoms with Crippen molar-refractivity contribution >= 4 is 17.5 Å². The van der Waals surface area contributed by atoms with Crippen LogP contribution in [0.15, 0.2) is 48.5 Å². The number of alkyl halides is 3. The molecule has 0 radical (unpaired) electrons. The van der Waals surface area contributed by atoms with E-state index in [4.69, 9.17) is 0 Å². The lowest BCUT2D eigenvalue weighted by Crippen LogP contribution is -2.65. The molecular weight excluding hydrogens is 369 g/mol. The number of carbonyl (C=O) groups excluding carboxylic acids is 2. The van der Waals surface area contributed by atoms with Crippen LogP contribution in [0, 0.1) is 5.41 Å². The van der Waals surface area contributed by atoms with Gasteiger partial charge in [0.15, 0.2) is 0 Å². The van der Waals surface area contributed by atoms with Gasteiger partial charge in [-0.05, 0) is 42.3 Å². The predicted molar refractivity (Wildman–Crippen MR) is 98.0 cm³/mol. The van der Waals surface area contributed by atoms with E-state index in [0.717, 1.165) is 29.8 Å². The Bertz CT molecular complexity index is 931. The van der Waals surface area contributed by atoms with E-state index >= 15 is 0 Å². The smallest absolute Gasteiger partial charge is 0.337 e. The third-order valence-electron chi connectivity index (χ3n) is 5.52. The Kier molecular flexibility index (Phi) is 4.21. The molecule has 4 nitrogen and oxygen atoms in total. The van der Waals surface area contributed by atoms with Crippen molar-refractivity contribution in [3.8, 4) is 0 Å². The molecule has 2 aromatic carbocycles. The van der Waals surface area contributed by atoms with E-state index in [0.29, 0.717) is 19.6 Å². The number of hydrogen-bond acceptors (Lipinski definition) is 2. The molecule has 2 aromatic rings. The molecule has 146 valence electrons. The van der Waals surface area contributed by atoms with E-state index in [-0.39, 0.29) is 22.8 Å². The van der Waals surface area contributed by atoms with Crippen LogP contribution in [-0.2, 0) is 17.4 Å². The minimum atomic E-state index is -4.42. The Morgan fingerprint density at radius 2 is 1.61 bits per heavy atom. The van der Waals surface area contributed by atoms with Crippen LogP contribution in [0.1, 0.15) is 28.4 Å². The molecular formula is C21H19F3N2O2. The summed E-state index contributed by atoms with van der Waals surface area (Å²) < 4.78 is 38.1. The van der Waals surface area contributed by atoms with Crippen LogP contribution in [0.4, 0.5) is 18.9 Å². The van der Waals surface area contributed by atoms with E-state index in [1.807, 2.05) is 24.3 Å². The van der Waals surface area contributed by atoms with Crippen molar-refractivity contribution in [2.75, 3.05) is 24.5 Å². The first-order valence-electron chi connectivity index (χ1n) is 9.01. The Labute approximate surface area is 160 Å². The molecule has 0 atom stereocenters. The van der Waals surface area contributed by atoms with E-state index in [1.165, 1.54) is 19.1 Å². The van der Waals surface area contributed by atoms with Crippen LogP contribution in [0.5, 0.6) is 0 Å². The van der Waals surface area contributed by atoms with Crippen molar-refractivity contribution in [2.45, 2.75) is 19.5 Å². The second-order valence-corrected chi connectivity index (χ2v) is 7.65. The summed E-state index contributed by atoms with van der Waals surface area (Å²) in [5, 5.41) is 0. The molecule has 4 rings (SSSR count). The van der Waals surface area contributed by atoms with Crippen LogP contribution < -0.4 is 4.90 Å². The number of para-hydroxylation sites is 1. The van der Waals surface area contributed by atoms with Crippen molar-refractivity contribution in [2.24, 2.45) is 5.41 Å². The molecule has 1 fully saturated rings. The molecule has 1 saturated heterocycles. The summed E-state index contributed by atoms with van der Waals surface area (Å²) >= 11 is 0. The van der Waals surface area contributed by atoms with Crippen molar-refractivity contribution in [3.63, 3.8) is 0 Å². The highest BCUT2D eigenvalue weighted by Gasteiger charge is 2.49. The Hall–Kier alpha value is -2.83. The monoisotopic (exact) mass is 388 g/mol. The number of amides is 2. The van der Waals surface area contributed by atoms with Gasteiger partial charge in [0.05, 0.1) is 5.56 Å².